The van der Waals surface area contributed by atoms with Crippen LogP contribution >= 0.6 is 34.2 Å². The second kappa shape index (κ2) is 5.07. The van der Waals surface area contributed by atoms with Gasteiger partial charge in [0.25, 0.3) is 0 Å². The van der Waals surface area contributed by atoms with E-state index in [0.717, 1.165) is 9.26 Å². The Bertz CT molecular complexity index is 328. The highest BCUT2D eigenvalue weighted by atomic mass is 127. The molecule has 78 valence electrons. The molecule has 0 aliphatic rings. The average Bonchev–Trinajstić information content (AvgIpc) is 2.11. The van der Waals surface area contributed by atoms with Crippen LogP contribution in [0, 0.1) is 3.57 Å². The number of halogens is 2. The van der Waals surface area contributed by atoms with Gasteiger partial charge in [-0.25, -0.2) is 0 Å². The molecule has 0 atom stereocenters. The zero-order valence-corrected chi connectivity index (χ0v) is 11.3. The van der Waals surface area contributed by atoms with Crippen LogP contribution in [0.5, 0.6) is 5.75 Å². The van der Waals surface area contributed by atoms with E-state index >= 15 is 0 Å². The first-order chi connectivity index (χ1) is 6.56. The summed E-state index contributed by atoms with van der Waals surface area (Å²) in [5.74, 6) is 0.715. The number of methoxy groups -OCH3 is 1. The second-order valence-electron chi connectivity index (χ2n) is 3.24. The van der Waals surface area contributed by atoms with Crippen molar-refractivity contribution in [2.75, 3.05) is 12.4 Å². The lowest BCUT2D eigenvalue weighted by atomic mass is 10.2. The van der Waals surface area contributed by atoms with Gasteiger partial charge in [0.15, 0.2) is 5.75 Å². The van der Waals surface area contributed by atoms with Crippen LogP contribution in [0.2, 0.25) is 5.02 Å². The van der Waals surface area contributed by atoms with Crippen LogP contribution < -0.4 is 10.1 Å². The van der Waals surface area contributed by atoms with Crippen molar-refractivity contribution in [3.63, 3.8) is 0 Å². The maximum absolute atomic E-state index is 6.11. The third-order valence-electron chi connectivity index (χ3n) is 1.70. The number of nitrogens with one attached hydrogen (secondary N) is 1. The predicted octanol–water partition coefficient (Wildman–Crippen LogP) is 3.77. The first-order valence-corrected chi connectivity index (χ1v) is 5.80. The van der Waals surface area contributed by atoms with Crippen LogP contribution in [0.25, 0.3) is 0 Å². The summed E-state index contributed by atoms with van der Waals surface area (Å²) in [4.78, 5) is 0. The number of benzene rings is 1. The van der Waals surface area contributed by atoms with Crippen LogP contribution in [0.4, 0.5) is 5.69 Å². The standard InChI is InChI=1S/C10H13ClINO/c1-6(2)13-8-5-4-7(12)9(11)10(8)14-3/h4-6,13H,1-3H3. The molecular weight excluding hydrogens is 312 g/mol. The molecule has 0 unspecified atom stereocenters. The van der Waals surface area contributed by atoms with E-state index in [1.807, 2.05) is 12.1 Å². The maximum atomic E-state index is 6.11. The number of ether oxygens (including phenoxy) is 1. The Hall–Kier alpha value is -0.160. The molecule has 0 radical (unpaired) electrons. The van der Waals surface area contributed by atoms with E-state index in [2.05, 4.69) is 41.8 Å². The quantitative estimate of drug-likeness (QED) is 0.854. The van der Waals surface area contributed by atoms with E-state index in [1.54, 1.807) is 7.11 Å². The molecule has 1 aromatic rings. The second-order valence-corrected chi connectivity index (χ2v) is 4.78. The SMILES string of the molecule is COc1c(NC(C)C)ccc(I)c1Cl. The third-order valence-corrected chi connectivity index (χ3v) is 3.29. The van der Waals surface area contributed by atoms with Gasteiger partial charge in [-0.05, 0) is 48.6 Å². The fraction of sp³-hybridized carbons (Fsp3) is 0.400. The zero-order chi connectivity index (χ0) is 10.7. The van der Waals surface area contributed by atoms with Crippen molar-refractivity contribution in [2.24, 2.45) is 0 Å². The number of anilines is 1. The average molecular weight is 326 g/mol. The van der Waals surface area contributed by atoms with Gasteiger partial charge in [-0.1, -0.05) is 11.6 Å². The van der Waals surface area contributed by atoms with Gasteiger partial charge in [0, 0.05) is 9.61 Å². The maximum Gasteiger partial charge on any atom is 0.161 e. The lowest BCUT2D eigenvalue weighted by Crippen LogP contribution is -2.10. The fourth-order valence-corrected chi connectivity index (χ4v) is 1.82. The van der Waals surface area contributed by atoms with Gasteiger partial charge in [-0.15, -0.1) is 0 Å². The molecule has 1 N–H and O–H groups in total. The Morgan fingerprint density at radius 1 is 1.43 bits per heavy atom. The smallest absolute Gasteiger partial charge is 0.161 e. The summed E-state index contributed by atoms with van der Waals surface area (Å²) in [6.45, 7) is 4.15. The fourth-order valence-electron chi connectivity index (χ4n) is 1.16. The molecule has 1 rings (SSSR count). The Morgan fingerprint density at radius 3 is 2.57 bits per heavy atom. The van der Waals surface area contributed by atoms with Crippen molar-refractivity contribution in [1.82, 2.24) is 0 Å². The zero-order valence-electron chi connectivity index (χ0n) is 8.40. The first kappa shape index (κ1) is 11.9. The van der Waals surface area contributed by atoms with Gasteiger partial charge in [-0.2, -0.15) is 0 Å². The molecule has 4 heteroatoms. The summed E-state index contributed by atoms with van der Waals surface area (Å²) in [7, 11) is 1.63. The minimum absolute atomic E-state index is 0.361. The largest absolute Gasteiger partial charge is 0.493 e. The van der Waals surface area contributed by atoms with Crippen molar-refractivity contribution in [2.45, 2.75) is 19.9 Å². The molecule has 0 saturated heterocycles. The van der Waals surface area contributed by atoms with Crippen LogP contribution in [0.3, 0.4) is 0 Å². The Kier molecular flexibility index (Phi) is 4.31. The van der Waals surface area contributed by atoms with Gasteiger partial charge < -0.3 is 10.1 Å². The molecular formula is C10H13ClINO. The van der Waals surface area contributed by atoms with E-state index in [1.165, 1.54) is 0 Å². The normalized spacial score (nSPS) is 10.4. The van der Waals surface area contributed by atoms with Crippen molar-refractivity contribution >= 4 is 39.9 Å². The molecule has 0 aromatic heterocycles. The van der Waals surface area contributed by atoms with Crippen LogP contribution in [-0.4, -0.2) is 13.2 Å². The molecule has 0 fully saturated rings. The first-order valence-electron chi connectivity index (χ1n) is 4.34. The van der Waals surface area contributed by atoms with Crippen molar-refractivity contribution < 1.29 is 4.74 Å². The molecule has 0 aliphatic heterocycles. The number of hydrogen-bond donors (Lipinski definition) is 1. The molecule has 0 aliphatic carbocycles. The summed E-state index contributed by atoms with van der Waals surface area (Å²) in [5, 5.41) is 3.95. The van der Waals surface area contributed by atoms with Gasteiger partial charge >= 0.3 is 0 Å². The van der Waals surface area contributed by atoms with Gasteiger partial charge in [-0.3, -0.25) is 0 Å². The highest BCUT2D eigenvalue weighted by Crippen LogP contribution is 2.36. The minimum atomic E-state index is 0.361. The summed E-state index contributed by atoms with van der Waals surface area (Å²) in [6, 6.07) is 4.31. The molecule has 0 saturated carbocycles. The summed E-state index contributed by atoms with van der Waals surface area (Å²) >= 11 is 8.29. The Morgan fingerprint density at radius 2 is 2.07 bits per heavy atom. The van der Waals surface area contributed by atoms with Crippen molar-refractivity contribution in [3.8, 4) is 5.75 Å². The molecule has 0 amide bonds. The predicted molar refractivity (Wildman–Crippen MR) is 69.5 cm³/mol. The molecule has 14 heavy (non-hydrogen) atoms. The van der Waals surface area contributed by atoms with E-state index in [-0.39, 0.29) is 0 Å². The summed E-state index contributed by atoms with van der Waals surface area (Å²) in [5.41, 5.74) is 0.938. The highest BCUT2D eigenvalue weighted by molar-refractivity contribution is 14.1. The highest BCUT2D eigenvalue weighted by Gasteiger charge is 2.11. The van der Waals surface area contributed by atoms with Crippen molar-refractivity contribution in [1.29, 1.82) is 0 Å². The van der Waals surface area contributed by atoms with E-state index in [0.29, 0.717) is 16.8 Å². The van der Waals surface area contributed by atoms with Gasteiger partial charge in [0.2, 0.25) is 0 Å². The minimum Gasteiger partial charge on any atom is -0.493 e. The molecule has 0 spiro atoms. The summed E-state index contributed by atoms with van der Waals surface area (Å²) < 4.78 is 6.25. The van der Waals surface area contributed by atoms with Gasteiger partial charge in [0.05, 0.1) is 17.8 Å². The molecule has 0 heterocycles. The van der Waals surface area contributed by atoms with Crippen LogP contribution in [-0.2, 0) is 0 Å². The van der Waals surface area contributed by atoms with Crippen LogP contribution in [0.15, 0.2) is 12.1 Å². The van der Waals surface area contributed by atoms with Crippen LogP contribution in [0.1, 0.15) is 13.8 Å². The van der Waals surface area contributed by atoms with E-state index in [9.17, 15) is 0 Å². The lowest BCUT2D eigenvalue weighted by Gasteiger charge is -2.15. The monoisotopic (exact) mass is 325 g/mol. The molecule has 2 nitrogen and oxygen atoms in total. The topological polar surface area (TPSA) is 21.3 Å². The van der Waals surface area contributed by atoms with Gasteiger partial charge in [0.1, 0.15) is 0 Å². The molecule has 1 aromatic carbocycles. The molecule has 0 bridgehead atoms. The third kappa shape index (κ3) is 2.67. The Balaban J connectivity index is 3.10. The Labute approximate surface area is 103 Å². The number of rotatable bonds is 3. The van der Waals surface area contributed by atoms with E-state index < -0.39 is 0 Å². The van der Waals surface area contributed by atoms with E-state index in [4.69, 9.17) is 16.3 Å². The van der Waals surface area contributed by atoms with Crippen molar-refractivity contribution in [3.05, 3.63) is 20.7 Å². The summed E-state index contributed by atoms with van der Waals surface area (Å²) in [6.07, 6.45) is 0. The lowest BCUT2D eigenvalue weighted by molar-refractivity contribution is 0.416. The number of hydrogen-bond acceptors (Lipinski definition) is 2.